The third-order valence-corrected chi connectivity index (χ3v) is 6.07. The van der Waals surface area contributed by atoms with Crippen LogP contribution in [0.2, 0.25) is 5.02 Å². The molecule has 0 radical (unpaired) electrons. The molecule has 0 spiro atoms. The monoisotopic (exact) mass is 480 g/mol. The Labute approximate surface area is 205 Å². The number of anilines is 1. The second-order valence-corrected chi connectivity index (χ2v) is 8.91. The molecule has 3 rings (SSSR count). The summed E-state index contributed by atoms with van der Waals surface area (Å²) in [5, 5.41) is 12.8. The number of likely N-dealkylation sites (tertiary alicyclic amines) is 1. The maximum Gasteiger partial charge on any atom is 0.261 e. The molecule has 1 aliphatic heterocycles. The van der Waals surface area contributed by atoms with Gasteiger partial charge in [0.25, 0.3) is 11.8 Å². The van der Waals surface area contributed by atoms with Crippen LogP contribution in [0.1, 0.15) is 28.8 Å². The van der Waals surface area contributed by atoms with Crippen molar-refractivity contribution in [2.75, 3.05) is 45.7 Å². The van der Waals surface area contributed by atoms with E-state index in [0.717, 1.165) is 24.1 Å². The summed E-state index contributed by atoms with van der Waals surface area (Å²) in [6, 6.07) is 14.6. The fraction of sp³-hybridized carbons (Fsp3) is 0.346. The smallest absolute Gasteiger partial charge is 0.261 e. The first kappa shape index (κ1) is 25.1. The number of halogens is 1. The fourth-order valence-electron chi connectivity index (χ4n) is 3.95. The van der Waals surface area contributed by atoms with E-state index < -0.39 is 5.91 Å². The highest BCUT2D eigenvalue weighted by molar-refractivity contribution is 6.31. The van der Waals surface area contributed by atoms with Crippen molar-refractivity contribution >= 4 is 35.2 Å². The van der Waals surface area contributed by atoms with Crippen LogP contribution in [0.5, 0.6) is 5.75 Å². The molecule has 8 heteroatoms. The molecule has 1 aliphatic rings. The Bertz CT molecular complexity index is 1110. The fourth-order valence-corrected chi connectivity index (χ4v) is 4.12. The van der Waals surface area contributed by atoms with E-state index in [-0.39, 0.29) is 17.4 Å². The van der Waals surface area contributed by atoms with Crippen LogP contribution in [-0.2, 0) is 4.79 Å². The summed E-state index contributed by atoms with van der Waals surface area (Å²) < 4.78 is 5.32. The van der Waals surface area contributed by atoms with Crippen molar-refractivity contribution in [3.05, 3.63) is 64.2 Å². The van der Waals surface area contributed by atoms with Crippen LogP contribution in [-0.4, -0.2) is 57.6 Å². The largest absolute Gasteiger partial charge is 0.496 e. The van der Waals surface area contributed by atoms with Crippen molar-refractivity contribution in [1.82, 2.24) is 10.2 Å². The van der Waals surface area contributed by atoms with Gasteiger partial charge in [0.2, 0.25) is 0 Å². The Kier molecular flexibility index (Phi) is 8.55. The number of rotatable bonds is 7. The summed E-state index contributed by atoms with van der Waals surface area (Å²) in [6.45, 7) is 1.52. The molecule has 34 heavy (non-hydrogen) atoms. The predicted octanol–water partition coefficient (Wildman–Crippen LogP) is 3.99. The lowest BCUT2D eigenvalue weighted by atomic mass is 9.97. The number of nitriles is 1. The lowest BCUT2D eigenvalue weighted by molar-refractivity contribution is -0.117. The molecule has 2 aromatic rings. The second-order valence-electron chi connectivity index (χ2n) is 8.47. The summed E-state index contributed by atoms with van der Waals surface area (Å²) in [7, 11) is 5.42. The average molecular weight is 481 g/mol. The number of benzene rings is 2. The van der Waals surface area contributed by atoms with Crippen molar-refractivity contribution in [2.45, 2.75) is 12.8 Å². The molecular formula is C26H29ClN4O3. The topological polar surface area (TPSA) is 85.7 Å². The minimum absolute atomic E-state index is 0.0463. The van der Waals surface area contributed by atoms with Crippen molar-refractivity contribution in [1.29, 1.82) is 5.26 Å². The number of piperidine rings is 1. The summed E-state index contributed by atoms with van der Waals surface area (Å²) in [5.41, 5.74) is 2.29. The van der Waals surface area contributed by atoms with Crippen molar-refractivity contribution in [3.63, 3.8) is 0 Å². The first-order valence-electron chi connectivity index (χ1n) is 11.1. The van der Waals surface area contributed by atoms with Gasteiger partial charge in [-0.15, -0.1) is 0 Å². The summed E-state index contributed by atoms with van der Waals surface area (Å²) in [5.74, 6) is 0.00619. The number of amides is 2. The van der Waals surface area contributed by atoms with E-state index in [2.05, 4.69) is 5.32 Å². The first-order chi connectivity index (χ1) is 16.3. The number of carbonyl (C=O) groups is 2. The minimum atomic E-state index is -0.417. The van der Waals surface area contributed by atoms with Gasteiger partial charge in [0.15, 0.2) is 0 Å². The van der Waals surface area contributed by atoms with Crippen LogP contribution in [0, 0.1) is 17.2 Å². The van der Waals surface area contributed by atoms with Gasteiger partial charge in [-0.3, -0.25) is 9.59 Å². The van der Waals surface area contributed by atoms with Crippen LogP contribution < -0.4 is 15.0 Å². The second kappa shape index (κ2) is 11.6. The molecular weight excluding hydrogens is 452 g/mol. The van der Waals surface area contributed by atoms with Crippen LogP contribution in [0.25, 0.3) is 6.08 Å². The lowest BCUT2D eigenvalue weighted by Gasteiger charge is -2.33. The maximum absolute atomic E-state index is 13.1. The Morgan fingerprint density at radius 3 is 2.65 bits per heavy atom. The van der Waals surface area contributed by atoms with Gasteiger partial charge in [0.1, 0.15) is 17.4 Å². The molecule has 1 saturated heterocycles. The maximum atomic E-state index is 13.1. The molecule has 1 fully saturated rings. The molecule has 1 N–H and O–H groups in total. The van der Waals surface area contributed by atoms with Crippen molar-refractivity contribution < 1.29 is 14.3 Å². The van der Waals surface area contributed by atoms with Gasteiger partial charge >= 0.3 is 0 Å². The number of hydrogen-bond acceptors (Lipinski definition) is 5. The highest BCUT2D eigenvalue weighted by Gasteiger charge is 2.27. The van der Waals surface area contributed by atoms with Gasteiger partial charge in [-0.1, -0.05) is 23.7 Å². The standard InChI is InChI=1S/C26H29ClN4O3/c1-30(2)22-9-6-18(7-10-22)13-20(15-28)25(32)29-16-19-5-4-12-31(17-19)26(33)23-14-21(27)8-11-24(23)34-3/h6-11,13-14,19H,4-5,12,16-17H2,1-3H3,(H,29,32)/b20-13+/t19-/m1/s1. The summed E-state index contributed by atoms with van der Waals surface area (Å²) >= 11 is 6.09. The highest BCUT2D eigenvalue weighted by atomic mass is 35.5. The van der Waals surface area contributed by atoms with Crippen LogP contribution >= 0.6 is 11.6 Å². The third-order valence-electron chi connectivity index (χ3n) is 5.83. The highest BCUT2D eigenvalue weighted by Crippen LogP contribution is 2.26. The molecule has 1 atom stereocenters. The van der Waals surface area contributed by atoms with E-state index in [0.29, 0.717) is 36.0 Å². The van der Waals surface area contributed by atoms with Crippen LogP contribution in [0.3, 0.4) is 0 Å². The van der Waals surface area contributed by atoms with Gasteiger partial charge in [-0.25, -0.2) is 0 Å². The van der Waals surface area contributed by atoms with E-state index in [4.69, 9.17) is 16.3 Å². The van der Waals surface area contributed by atoms with E-state index in [1.165, 1.54) is 7.11 Å². The molecule has 0 aromatic heterocycles. The summed E-state index contributed by atoms with van der Waals surface area (Å²) in [6.07, 6.45) is 3.29. The van der Waals surface area contributed by atoms with Crippen LogP contribution in [0.15, 0.2) is 48.0 Å². The molecule has 2 amide bonds. The Hall–Kier alpha value is -3.50. The molecule has 0 saturated carbocycles. The van der Waals surface area contributed by atoms with Crippen molar-refractivity contribution in [3.8, 4) is 11.8 Å². The third kappa shape index (κ3) is 6.30. The molecule has 178 valence electrons. The van der Waals surface area contributed by atoms with Gasteiger partial charge in [-0.05, 0) is 60.7 Å². The minimum Gasteiger partial charge on any atom is -0.496 e. The Morgan fingerprint density at radius 2 is 2.00 bits per heavy atom. The number of ether oxygens (including phenoxy) is 1. The molecule has 0 bridgehead atoms. The predicted molar refractivity (Wildman–Crippen MR) is 134 cm³/mol. The molecule has 7 nitrogen and oxygen atoms in total. The van der Waals surface area contributed by atoms with Gasteiger partial charge in [0.05, 0.1) is 12.7 Å². The van der Waals surface area contributed by atoms with Crippen LogP contribution in [0.4, 0.5) is 5.69 Å². The molecule has 1 heterocycles. The zero-order valence-corrected chi connectivity index (χ0v) is 20.4. The molecule has 2 aromatic carbocycles. The number of nitrogens with zero attached hydrogens (tertiary/aromatic N) is 3. The quantitative estimate of drug-likeness (QED) is 0.478. The van der Waals surface area contributed by atoms with Gasteiger partial charge < -0.3 is 19.9 Å². The van der Waals surface area contributed by atoms with E-state index >= 15 is 0 Å². The Morgan fingerprint density at radius 1 is 1.26 bits per heavy atom. The molecule has 0 unspecified atom stereocenters. The Balaban J connectivity index is 1.61. The average Bonchev–Trinajstić information content (AvgIpc) is 2.85. The number of hydrogen-bond donors (Lipinski definition) is 1. The lowest BCUT2D eigenvalue weighted by Crippen LogP contribution is -2.44. The number of nitrogens with one attached hydrogen (secondary N) is 1. The number of methoxy groups -OCH3 is 1. The van der Waals surface area contributed by atoms with E-state index in [9.17, 15) is 14.9 Å². The SMILES string of the molecule is COc1ccc(Cl)cc1C(=O)N1CCC[C@H](CNC(=O)/C(C#N)=C/c2ccc(N(C)C)cc2)C1. The van der Waals surface area contributed by atoms with Crippen molar-refractivity contribution in [2.24, 2.45) is 5.92 Å². The van der Waals surface area contributed by atoms with E-state index in [1.54, 1.807) is 29.2 Å². The summed E-state index contributed by atoms with van der Waals surface area (Å²) in [4.78, 5) is 29.5. The normalized spacial score (nSPS) is 15.9. The zero-order chi connectivity index (χ0) is 24.7. The van der Waals surface area contributed by atoms with Gasteiger partial charge in [-0.2, -0.15) is 5.26 Å². The zero-order valence-electron chi connectivity index (χ0n) is 19.7. The first-order valence-corrected chi connectivity index (χ1v) is 11.5. The number of carbonyl (C=O) groups excluding carboxylic acids is 2. The van der Waals surface area contributed by atoms with Gasteiger partial charge in [0, 0.05) is 44.4 Å². The molecule has 0 aliphatic carbocycles. The van der Waals surface area contributed by atoms with E-state index in [1.807, 2.05) is 49.3 Å².